The van der Waals surface area contributed by atoms with Gasteiger partial charge in [-0.1, -0.05) is 30.3 Å². The van der Waals surface area contributed by atoms with Gasteiger partial charge in [-0.2, -0.15) is 0 Å². The number of carbonyl (C=O) groups is 1. The molecule has 3 aromatic carbocycles. The molecular weight excluding hydrogens is 442 g/mol. The first-order valence-electron chi connectivity index (χ1n) is 10.5. The Balaban J connectivity index is 1.64. The fraction of sp³-hybridized carbons (Fsp3) is 0.208. The molecule has 0 aliphatic carbocycles. The van der Waals surface area contributed by atoms with Crippen molar-refractivity contribution in [3.8, 4) is 11.5 Å². The van der Waals surface area contributed by atoms with Crippen LogP contribution in [0.1, 0.15) is 12.8 Å². The molecular formula is C24H25N3O5S. The van der Waals surface area contributed by atoms with Crippen molar-refractivity contribution in [1.82, 2.24) is 0 Å². The first kappa shape index (κ1) is 22.5. The van der Waals surface area contributed by atoms with E-state index < -0.39 is 16.1 Å². The molecule has 0 saturated carbocycles. The lowest BCUT2D eigenvalue weighted by atomic mass is 10.2. The number of sulfonamides is 1. The van der Waals surface area contributed by atoms with Crippen molar-refractivity contribution in [3.63, 3.8) is 0 Å². The fourth-order valence-electron chi connectivity index (χ4n) is 3.69. The summed E-state index contributed by atoms with van der Waals surface area (Å²) >= 11 is 0. The molecule has 1 saturated heterocycles. The van der Waals surface area contributed by atoms with Gasteiger partial charge in [0.15, 0.2) is 0 Å². The summed E-state index contributed by atoms with van der Waals surface area (Å²) in [6, 6.07) is 20.2. The molecule has 3 aromatic rings. The molecule has 33 heavy (non-hydrogen) atoms. The third kappa shape index (κ3) is 5.38. The Hall–Kier alpha value is -3.72. The summed E-state index contributed by atoms with van der Waals surface area (Å²) in [6.45, 7) is 1.53. The van der Waals surface area contributed by atoms with E-state index in [-0.39, 0.29) is 4.90 Å². The Bertz CT molecular complexity index is 1230. The number of carbonyl (C=O) groups excluding carboxylic acids is 1. The highest BCUT2D eigenvalue weighted by Crippen LogP contribution is 2.34. The van der Waals surface area contributed by atoms with E-state index in [1.54, 1.807) is 60.7 Å². The molecule has 1 heterocycles. The minimum Gasteiger partial charge on any atom is -0.495 e. The molecule has 172 valence electrons. The number of hydrogen-bond donors (Lipinski definition) is 2. The minimum atomic E-state index is -3.99. The molecule has 9 heteroatoms. The lowest BCUT2D eigenvalue weighted by molar-refractivity contribution is 0.215. The average molecular weight is 468 g/mol. The maximum Gasteiger partial charge on any atom is 0.417 e. The Kier molecular flexibility index (Phi) is 6.69. The number of nitrogens with one attached hydrogen (secondary N) is 2. The van der Waals surface area contributed by atoms with E-state index in [0.717, 1.165) is 25.9 Å². The fourth-order valence-corrected chi connectivity index (χ4v) is 5.02. The molecule has 2 N–H and O–H groups in total. The summed E-state index contributed by atoms with van der Waals surface area (Å²) < 4.78 is 40.0. The van der Waals surface area contributed by atoms with Gasteiger partial charge in [-0.25, -0.2) is 13.2 Å². The highest BCUT2D eigenvalue weighted by molar-refractivity contribution is 7.93. The van der Waals surface area contributed by atoms with Crippen LogP contribution in [0.4, 0.5) is 21.9 Å². The molecule has 0 aromatic heterocycles. The quantitative estimate of drug-likeness (QED) is 0.523. The maximum absolute atomic E-state index is 13.4. The van der Waals surface area contributed by atoms with E-state index in [9.17, 15) is 13.2 Å². The van der Waals surface area contributed by atoms with Gasteiger partial charge in [0, 0.05) is 18.8 Å². The predicted molar refractivity (Wildman–Crippen MR) is 128 cm³/mol. The monoisotopic (exact) mass is 467 g/mol. The van der Waals surface area contributed by atoms with E-state index in [1.165, 1.54) is 13.2 Å². The van der Waals surface area contributed by atoms with Gasteiger partial charge in [0.1, 0.15) is 16.4 Å². The van der Waals surface area contributed by atoms with E-state index in [4.69, 9.17) is 9.47 Å². The van der Waals surface area contributed by atoms with E-state index >= 15 is 0 Å². The second kappa shape index (κ2) is 9.83. The molecule has 0 spiro atoms. The molecule has 1 aliphatic rings. The molecule has 0 unspecified atom stereocenters. The van der Waals surface area contributed by atoms with E-state index in [2.05, 4.69) is 10.0 Å². The maximum atomic E-state index is 13.4. The standard InChI is InChI=1S/C24H25N3O5S/c1-31-22-12-6-5-11-20(22)26-33(29,30)23-17-18(13-14-21(23)27-15-7-8-16-27)25-24(28)32-19-9-3-2-4-10-19/h2-6,9-14,17,26H,7-8,15-16H2,1H3,(H,25,28). The Labute approximate surface area is 193 Å². The number of rotatable bonds is 7. The van der Waals surface area contributed by atoms with Crippen molar-refractivity contribution in [2.24, 2.45) is 0 Å². The third-order valence-corrected chi connectivity index (χ3v) is 6.64. The average Bonchev–Trinajstić information content (AvgIpc) is 3.34. The SMILES string of the molecule is COc1ccccc1NS(=O)(=O)c1cc(NC(=O)Oc2ccccc2)ccc1N1CCCC1. The number of anilines is 3. The second-order valence-electron chi connectivity index (χ2n) is 7.51. The molecule has 8 nitrogen and oxygen atoms in total. The first-order valence-corrected chi connectivity index (χ1v) is 12.0. The smallest absolute Gasteiger partial charge is 0.417 e. The van der Waals surface area contributed by atoms with Gasteiger partial charge < -0.3 is 14.4 Å². The number of hydrogen-bond acceptors (Lipinski definition) is 6. The molecule has 1 fully saturated rings. The Morgan fingerprint density at radius 1 is 0.939 bits per heavy atom. The van der Waals surface area contributed by atoms with E-state index in [1.807, 2.05) is 11.0 Å². The number of methoxy groups -OCH3 is 1. The van der Waals surface area contributed by atoms with Crippen LogP contribution >= 0.6 is 0 Å². The molecule has 0 radical (unpaired) electrons. The topological polar surface area (TPSA) is 97.0 Å². The normalized spacial score (nSPS) is 13.4. The van der Waals surface area contributed by atoms with Crippen molar-refractivity contribution in [3.05, 3.63) is 72.8 Å². The Morgan fingerprint density at radius 2 is 1.64 bits per heavy atom. The first-order chi connectivity index (χ1) is 16.0. The number of ether oxygens (including phenoxy) is 2. The molecule has 1 amide bonds. The lowest BCUT2D eigenvalue weighted by Crippen LogP contribution is -2.23. The largest absolute Gasteiger partial charge is 0.495 e. The van der Waals surface area contributed by atoms with Crippen LogP contribution in [0.5, 0.6) is 11.5 Å². The second-order valence-corrected chi connectivity index (χ2v) is 9.16. The van der Waals surface area contributed by atoms with Crippen molar-refractivity contribution >= 4 is 33.2 Å². The van der Waals surface area contributed by atoms with E-state index in [0.29, 0.717) is 28.6 Å². The van der Waals surface area contributed by atoms with Crippen LogP contribution in [0, 0.1) is 0 Å². The van der Waals surface area contributed by atoms with Crippen molar-refractivity contribution in [1.29, 1.82) is 0 Å². The Morgan fingerprint density at radius 3 is 2.36 bits per heavy atom. The summed E-state index contributed by atoms with van der Waals surface area (Å²) in [5, 5.41) is 2.61. The molecule has 0 bridgehead atoms. The zero-order valence-electron chi connectivity index (χ0n) is 18.2. The van der Waals surface area contributed by atoms with Gasteiger partial charge >= 0.3 is 6.09 Å². The number of amides is 1. The van der Waals surface area contributed by atoms with Gasteiger partial charge in [-0.05, 0) is 55.3 Å². The van der Waals surface area contributed by atoms with Gasteiger partial charge in [-0.3, -0.25) is 10.0 Å². The van der Waals surface area contributed by atoms with Crippen LogP contribution < -0.4 is 24.4 Å². The lowest BCUT2D eigenvalue weighted by Gasteiger charge is -2.22. The van der Waals surface area contributed by atoms with Crippen LogP contribution in [0.25, 0.3) is 0 Å². The van der Waals surface area contributed by atoms with Crippen molar-refractivity contribution in [2.45, 2.75) is 17.7 Å². The third-order valence-electron chi connectivity index (χ3n) is 5.25. The number of para-hydroxylation sites is 3. The van der Waals surface area contributed by atoms with Crippen LogP contribution in [0.2, 0.25) is 0 Å². The van der Waals surface area contributed by atoms with Crippen LogP contribution in [-0.4, -0.2) is 34.7 Å². The summed E-state index contributed by atoms with van der Waals surface area (Å²) in [7, 11) is -2.52. The summed E-state index contributed by atoms with van der Waals surface area (Å²) in [5.41, 5.74) is 1.21. The van der Waals surface area contributed by atoms with Gasteiger partial charge in [0.25, 0.3) is 10.0 Å². The van der Waals surface area contributed by atoms with Crippen LogP contribution in [-0.2, 0) is 10.0 Å². The zero-order valence-corrected chi connectivity index (χ0v) is 19.0. The molecule has 1 aliphatic heterocycles. The highest BCUT2D eigenvalue weighted by atomic mass is 32.2. The zero-order chi connectivity index (χ0) is 23.3. The predicted octanol–water partition coefficient (Wildman–Crippen LogP) is 4.71. The van der Waals surface area contributed by atoms with Gasteiger partial charge in [0.05, 0.1) is 18.5 Å². The summed E-state index contributed by atoms with van der Waals surface area (Å²) in [6.07, 6.45) is 1.27. The van der Waals surface area contributed by atoms with Gasteiger partial charge in [-0.15, -0.1) is 0 Å². The molecule has 4 rings (SSSR count). The molecule has 0 atom stereocenters. The minimum absolute atomic E-state index is 0.0628. The van der Waals surface area contributed by atoms with Gasteiger partial charge in [0.2, 0.25) is 0 Å². The van der Waals surface area contributed by atoms with Crippen molar-refractivity contribution < 1.29 is 22.7 Å². The number of nitrogens with zero attached hydrogens (tertiary/aromatic N) is 1. The van der Waals surface area contributed by atoms with Crippen LogP contribution in [0.15, 0.2) is 77.7 Å². The summed E-state index contributed by atoms with van der Waals surface area (Å²) in [5.74, 6) is 0.791. The number of benzene rings is 3. The summed E-state index contributed by atoms with van der Waals surface area (Å²) in [4.78, 5) is 14.4. The van der Waals surface area contributed by atoms with Crippen molar-refractivity contribution in [2.75, 3.05) is 35.1 Å². The van der Waals surface area contributed by atoms with Crippen LogP contribution in [0.3, 0.4) is 0 Å². The highest BCUT2D eigenvalue weighted by Gasteiger charge is 2.26.